The molecule has 5 rings (SSSR count). The second kappa shape index (κ2) is 8.71. The fourth-order valence-corrected chi connectivity index (χ4v) is 5.90. The maximum Gasteiger partial charge on any atom is 0.228 e. The van der Waals surface area contributed by atoms with E-state index in [2.05, 4.69) is 40.4 Å². The SMILES string of the molecule is CC[C@H](C)n1cc(Nc2nc(-c3cnn(C4(CC#N)CN(S(C)(=O)=O)C4)c3)c3sccc3n2)cn1. The van der Waals surface area contributed by atoms with Gasteiger partial charge in [-0.05, 0) is 24.8 Å². The Balaban J connectivity index is 1.47. The van der Waals surface area contributed by atoms with Gasteiger partial charge in [0.05, 0.1) is 52.7 Å². The fraction of sp³-hybridized carbons (Fsp3) is 0.409. The molecule has 1 aliphatic heterocycles. The average Bonchev–Trinajstić information content (AvgIpc) is 3.54. The number of nitrogens with one attached hydrogen (secondary N) is 1. The Kier molecular flexibility index (Phi) is 5.82. The smallest absolute Gasteiger partial charge is 0.228 e. The van der Waals surface area contributed by atoms with Crippen molar-refractivity contribution in [1.82, 2.24) is 33.8 Å². The van der Waals surface area contributed by atoms with Crippen LogP contribution in [-0.2, 0) is 15.6 Å². The summed E-state index contributed by atoms with van der Waals surface area (Å²) in [5.74, 6) is 0.445. The van der Waals surface area contributed by atoms with Gasteiger partial charge in [-0.1, -0.05) is 6.92 Å². The third kappa shape index (κ3) is 4.29. The molecule has 0 radical (unpaired) electrons. The minimum atomic E-state index is -3.32. The van der Waals surface area contributed by atoms with Crippen molar-refractivity contribution < 1.29 is 8.42 Å². The molecule has 0 saturated carbocycles. The summed E-state index contributed by atoms with van der Waals surface area (Å²) in [7, 11) is -3.32. The van der Waals surface area contributed by atoms with Crippen LogP contribution in [0, 0.1) is 11.3 Å². The number of fused-ring (bicyclic) bond motifs is 1. The number of rotatable bonds is 8. The number of nitrogens with zero attached hydrogens (tertiary/aromatic N) is 8. The summed E-state index contributed by atoms with van der Waals surface area (Å²) in [6.07, 6.45) is 9.53. The van der Waals surface area contributed by atoms with Gasteiger partial charge >= 0.3 is 0 Å². The van der Waals surface area contributed by atoms with E-state index in [1.54, 1.807) is 17.1 Å². The first-order chi connectivity index (χ1) is 16.7. The predicted octanol–water partition coefficient (Wildman–Crippen LogP) is 3.35. The van der Waals surface area contributed by atoms with Gasteiger partial charge in [-0.3, -0.25) is 9.36 Å². The Morgan fingerprint density at radius 3 is 2.77 bits per heavy atom. The van der Waals surface area contributed by atoms with E-state index < -0.39 is 15.6 Å². The highest BCUT2D eigenvalue weighted by molar-refractivity contribution is 7.88. The third-order valence-electron chi connectivity index (χ3n) is 6.36. The van der Waals surface area contributed by atoms with Gasteiger partial charge in [0.1, 0.15) is 5.54 Å². The van der Waals surface area contributed by atoms with E-state index in [4.69, 9.17) is 4.98 Å². The quantitative estimate of drug-likeness (QED) is 0.381. The molecule has 1 atom stereocenters. The molecule has 0 aliphatic carbocycles. The third-order valence-corrected chi connectivity index (χ3v) is 8.47. The van der Waals surface area contributed by atoms with Crippen molar-refractivity contribution >= 4 is 43.2 Å². The predicted molar refractivity (Wildman–Crippen MR) is 134 cm³/mol. The van der Waals surface area contributed by atoms with Crippen molar-refractivity contribution in [1.29, 1.82) is 5.26 Å². The Bertz CT molecular complexity index is 1520. The van der Waals surface area contributed by atoms with Gasteiger partial charge in [0.25, 0.3) is 0 Å². The van der Waals surface area contributed by atoms with Crippen molar-refractivity contribution in [2.24, 2.45) is 0 Å². The number of sulfonamides is 1. The fourth-order valence-electron chi connectivity index (χ4n) is 4.11. The summed E-state index contributed by atoms with van der Waals surface area (Å²) in [4.78, 5) is 9.43. The average molecular weight is 512 g/mol. The molecule has 4 aromatic heterocycles. The number of anilines is 2. The lowest BCUT2D eigenvalue weighted by Crippen LogP contribution is -2.63. The molecular weight excluding hydrogens is 486 g/mol. The molecule has 0 aromatic carbocycles. The summed E-state index contributed by atoms with van der Waals surface area (Å²) in [6, 6.07) is 4.41. The van der Waals surface area contributed by atoms with Crippen LogP contribution in [0.2, 0.25) is 0 Å². The van der Waals surface area contributed by atoms with E-state index in [0.717, 1.165) is 33.6 Å². The molecule has 0 amide bonds. The normalized spacial score (nSPS) is 16.6. The highest BCUT2D eigenvalue weighted by atomic mass is 32.2. The zero-order chi connectivity index (χ0) is 24.8. The summed E-state index contributed by atoms with van der Waals surface area (Å²) in [6.45, 7) is 4.65. The highest BCUT2D eigenvalue weighted by Crippen LogP contribution is 2.37. The monoisotopic (exact) mass is 511 g/mol. The number of thiophene rings is 1. The second-order valence-corrected chi connectivity index (χ2v) is 11.8. The number of hydrogen-bond donors (Lipinski definition) is 1. The van der Waals surface area contributed by atoms with Gasteiger partial charge in [0.2, 0.25) is 16.0 Å². The Morgan fingerprint density at radius 1 is 1.26 bits per heavy atom. The molecule has 0 bridgehead atoms. The van der Waals surface area contributed by atoms with Crippen LogP contribution in [0.3, 0.4) is 0 Å². The summed E-state index contributed by atoms with van der Waals surface area (Å²) in [5, 5.41) is 23.5. The summed E-state index contributed by atoms with van der Waals surface area (Å²) in [5.41, 5.74) is 2.41. The van der Waals surface area contributed by atoms with E-state index in [1.807, 2.05) is 28.5 Å². The molecule has 11 nitrogen and oxygen atoms in total. The molecule has 5 heterocycles. The maximum atomic E-state index is 11.9. The van der Waals surface area contributed by atoms with Crippen LogP contribution in [0.1, 0.15) is 32.7 Å². The van der Waals surface area contributed by atoms with Crippen molar-refractivity contribution in [2.75, 3.05) is 24.7 Å². The van der Waals surface area contributed by atoms with Gasteiger partial charge in [-0.25, -0.2) is 18.4 Å². The lowest BCUT2D eigenvalue weighted by Gasteiger charge is -2.47. The topological polar surface area (TPSA) is 135 Å². The Morgan fingerprint density at radius 2 is 2.06 bits per heavy atom. The second-order valence-electron chi connectivity index (χ2n) is 8.89. The van der Waals surface area contributed by atoms with Crippen LogP contribution in [0.15, 0.2) is 36.2 Å². The van der Waals surface area contributed by atoms with E-state index in [-0.39, 0.29) is 25.6 Å². The summed E-state index contributed by atoms with van der Waals surface area (Å²) >= 11 is 1.54. The van der Waals surface area contributed by atoms with Crippen LogP contribution >= 0.6 is 11.3 Å². The first kappa shape index (κ1) is 23.4. The van der Waals surface area contributed by atoms with Crippen molar-refractivity contribution in [3.63, 3.8) is 0 Å². The Hall–Kier alpha value is -3.34. The van der Waals surface area contributed by atoms with E-state index in [9.17, 15) is 13.7 Å². The molecular formula is C22H25N9O2S2. The Labute approximate surface area is 207 Å². The van der Waals surface area contributed by atoms with E-state index >= 15 is 0 Å². The van der Waals surface area contributed by atoms with Crippen LogP contribution in [0.25, 0.3) is 21.5 Å². The molecule has 1 N–H and O–H groups in total. The minimum absolute atomic E-state index is 0.158. The zero-order valence-electron chi connectivity index (χ0n) is 19.6. The van der Waals surface area contributed by atoms with Crippen LogP contribution in [-0.4, -0.2) is 61.6 Å². The summed E-state index contributed by atoms with van der Waals surface area (Å²) < 4.78 is 29.7. The molecule has 4 aromatic rings. The van der Waals surface area contributed by atoms with Crippen LogP contribution in [0.4, 0.5) is 11.6 Å². The van der Waals surface area contributed by atoms with E-state index in [0.29, 0.717) is 5.95 Å². The highest BCUT2D eigenvalue weighted by Gasteiger charge is 2.49. The van der Waals surface area contributed by atoms with Crippen molar-refractivity contribution in [2.45, 2.75) is 38.3 Å². The van der Waals surface area contributed by atoms with Gasteiger partial charge < -0.3 is 5.32 Å². The van der Waals surface area contributed by atoms with Gasteiger partial charge in [0, 0.05) is 37.1 Å². The standard InChI is InChI=1S/C22H25N9O2S2/c1-4-15(2)30-12-17(10-24-30)26-21-27-18-5-8-34-20(18)19(28-21)16-9-25-31(11-16)22(6-7-23)13-29(14-22)35(3,32)33/h5,8-12,15H,4,6,13-14H2,1-3H3,(H,26,27,28)/t15-/m0/s1. The first-order valence-corrected chi connectivity index (χ1v) is 13.9. The van der Waals surface area contributed by atoms with Gasteiger partial charge in [0.15, 0.2) is 0 Å². The molecule has 1 fully saturated rings. The van der Waals surface area contributed by atoms with Gasteiger partial charge in [-0.15, -0.1) is 11.3 Å². The molecule has 0 spiro atoms. The lowest BCUT2D eigenvalue weighted by atomic mass is 9.89. The first-order valence-electron chi connectivity index (χ1n) is 11.2. The lowest BCUT2D eigenvalue weighted by molar-refractivity contribution is 0.0724. The molecule has 0 unspecified atom stereocenters. The van der Waals surface area contributed by atoms with Gasteiger partial charge in [-0.2, -0.15) is 19.8 Å². The number of aromatic nitrogens is 6. The zero-order valence-corrected chi connectivity index (χ0v) is 21.2. The van der Waals surface area contributed by atoms with E-state index in [1.165, 1.54) is 21.9 Å². The van der Waals surface area contributed by atoms with Crippen molar-refractivity contribution in [3.8, 4) is 17.3 Å². The number of hydrogen-bond acceptors (Lipinski definition) is 9. The minimum Gasteiger partial charge on any atom is -0.321 e. The molecule has 1 aliphatic rings. The molecule has 1 saturated heterocycles. The maximum absolute atomic E-state index is 11.9. The van der Waals surface area contributed by atoms with Crippen LogP contribution < -0.4 is 5.32 Å². The molecule has 182 valence electrons. The molecule has 13 heteroatoms. The van der Waals surface area contributed by atoms with Crippen molar-refractivity contribution in [3.05, 3.63) is 36.2 Å². The number of nitriles is 1. The molecule has 35 heavy (non-hydrogen) atoms. The van der Waals surface area contributed by atoms with Crippen LogP contribution in [0.5, 0.6) is 0 Å². The largest absolute Gasteiger partial charge is 0.321 e.